The van der Waals surface area contributed by atoms with Crippen molar-refractivity contribution in [2.45, 2.75) is 0 Å². The first kappa shape index (κ1) is 11.3. The maximum absolute atomic E-state index is 7.93. The Morgan fingerprint density at radius 1 is 1.00 bits per heavy atom. The molecule has 0 saturated carbocycles. The van der Waals surface area contributed by atoms with Crippen LogP contribution in [0.2, 0.25) is 0 Å². The van der Waals surface area contributed by atoms with Crippen molar-refractivity contribution in [3.63, 3.8) is 0 Å². The number of fused-ring (bicyclic) bond motifs is 2. The van der Waals surface area contributed by atoms with Crippen molar-refractivity contribution in [3.05, 3.63) is 59.7 Å². The number of nitrogens with one attached hydrogen (secondary N) is 2. The molecule has 3 aromatic rings. The largest absolute Gasteiger partial charge is 0.324 e. The van der Waals surface area contributed by atoms with Gasteiger partial charge in [0.1, 0.15) is 11.7 Å². The van der Waals surface area contributed by atoms with Crippen LogP contribution in [0.15, 0.2) is 53.5 Å². The van der Waals surface area contributed by atoms with Crippen molar-refractivity contribution in [3.8, 4) is 0 Å². The van der Waals surface area contributed by atoms with Crippen LogP contribution in [-0.2, 0) is 0 Å². The van der Waals surface area contributed by atoms with E-state index in [9.17, 15) is 0 Å². The molecule has 1 aliphatic rings. The lowest BCUT2D eigenvalue weighted by atomic mass is 10.1. The van der Waals surface area contributed by atoms with Crippen molar-refractivity contribution < 1.29 is 0 Å². The van der Waals surface area contributed by atoms with Gasteiger partial charge in [0.05, 0.1) is 10.2 Å². The van der Waals surface area contributed by atoms with E-state index in [4.69, 9.17) is 5.41 Å². The number of aromatic nitrogens is 1. The van der Waals surface area contributed by atoms with Gasteiger partial charge in [0, 0.05) is 11.1 Å². The Bertz CT molecular complexity index is 830. The minimum absolute atomic E-state index is 0.389. The zero-order valence-corrected chi connectivity index (χ0v) is 11.2. The molecule has 1 aliphatic heterocycles. The number of nitrogens with zero attached hydrogens (tertiary/aromatic N) is 2. The monoisotopic (exact) mass is 278 g/mol. The second-order valence-corrected chi connectivity index (χ2v) is 5.48. The van der Waals surface area contributed by atoms with Gasteiger partial charge in [-0.25, -0.2) is 9.98 Å². The van der Waals surface area contributed by atoms with E-state index in [0.29, 0.717) is 16.8 Å². The zero-order chi connectivity index (χ0) is 13.5. The first-order valence-electron chi connectivity index (χ1n) is 6.21. The van der Waals surface area contributed by atoms with E-state index in [-0.39, 0.29) is 0 Å². The molecule has 0 aliphatic carbocycles. The number of hydrogen-bond donors (Lipinski definition) is 2. The Kier molecular flexibility index (Phi) is 2.40. The fraction of sp³-hybridized carbons (Fsp3) is 0. The van der Waals surface area contributed by atoms with Gasteiger partial charge in [0.2, 0.25) is 5.13 Å². The first-order chi connectivity index (χ1) is 9.81. The Labute approximate surface area is 119 Å². The second kappa shape index (κ2) is 4.25. The summed E-state index contributed by atoms with van der Waals surface area (Å²) >= 11 is 1.55. The van der Waals surface area contributed by atoms with Crippen LogP contribution in [-0.4, -0.2) is 16.7 Å². The quantitative estimate of drug-likeness (QED) is 0.717. The normalized spacial score (nSPS) is 15.6. The molecule has 2 N–H and O–H groups in total. The van der Waals surface area contributed by atoms with Crippen LogP contribution in [0.5, 0.6) is 0 Å². The van der Waals surface area contributed by atoms with E-state index in [1.165, 1.54) is 0 Å². The standard InChI is InChI=1S/C15H10N4S/c16-13-9-5-1-2-6-10(9)14(18-13)19-15-17-11-7-3-4-8-12(11)20-15/h1-8H,(H2,16,17,18,19). The fourth-order valence-corrected chi connectivity index (χ4v) is 3.09. The summed E-state index contributed by atoms with van der Waals surface area (Å²) in [6, 6.07) is 15.8. The highest BCUT2D eigenvalue weighted by Crippen LogP contribution is 2.29. The van der Waals surface area contributed by atoms with Crippen LogP contribution in [0.4, 0.5) is 5.13 Å². The zero-order valence-electron chi connectivity index (χ0n) is 10.4. The van der Waals surface area contributed by atoms with Crippen molar-refractivity contribution in [2.24, 2.45) is 4.99 Å². The predicted molar refractivity (Wildman–Crippen MR) is 82.2 cm³/mol. The highest BCUT2D eigenvalue weighted by Gasteiger charge is 2.21. The number of hydrogen-bond acceptors (Lipinski definition) is 4. The Morgan fingerprint density at radius 2 is 1.75 bits per heavy atom. The fourth-order valence-electron chi connectivity index (χ4n) is 2.25. The summed E-state index contributed by atoms with van der Waals surface area (Å²) in [5.41, 5.74) is 2.79. The molecule has 5 heteroatoms. The van der Waals surface area contributed by atoms with E-state index in [2.05, 4.69) is 15.3 Å². The molecule has 96 valence electrons. The minimum atomic E-state index is 0.389. The van der Waals surface area contributed by atoms with Gasteiger partial charge in [0.25, 0.3) is 0 Å². The molecule has 2 heterocycles. The lowest BCUT2D eigenvalue weighted by Gasteiger charge is -1.96. The lowest BCUT2D eigenvalue weighted by molar-refractivity contribution is 1.30. The molecule has 0 spiro atoms. The molecule has 0 bridgehead atoms. The van der Waals surface area contributed by atoms with Crippen LogP contribution in [0.1, 0.15) is 11.1 Å². The van der Waals surface area contributed by atoms with Gasteiger partial charge in [-0.15, -0.1) is 0 Å². The van der Waals surface area contributed by atoms with E-state index >= 15 is 0 Å². The molecule has 0 radical (unpaired) electrons. The summed E-state index contributed by atoms with van der Waals surface area (Å²) in [7, 11) is 0. The third kappa shape index (κ3) is 1.71. The maximum atomic E-state index is 7.93. The van der Waals surface area contributed by atoms with Crippen LogP contribution >= 0.6 is 11.3 Å². The Balaban J connectivity index is 1.83. The van der Waals surface area contributed by atoms with Gasteiger partial charge >= 0.3 is 0 Å². The van der Waals surface area contributed by atoms with E-state index in [1.807, 2.05) is 48.5 Å². The van der Waals surface area contributed by atoms with Crippen LogP contribution < -0.4 is 5.32 Å². The van der Waals surface area contributed by atoms with Gasteiger partial charge in [0.15, 0.2) is 0 Å². The summed E-state index contributed by atoms with van der Waals surface area (Å²) in [4.78, 5) is 9.05. The number of benzene rings is 2. The molecule has 0 fully saturated rings. The summed E-state index contributed by atoms with van der Waals surface area (Å²) in [6.07, 6.45) is 0. The number of para-hydroxylation sites is 1. The number of rotatable bonds is 1. The van der Waals surface area contributed by atoms with Crippen molar-refractivity contribution in [1.29, 1.82) is 5.41 Å². The van der Waals surface area contributed by atoms with E-state index < -0.39 is 0 Å². The maximum Gasteiger partial charge on any atom is 0.212 e. The highest BCUT2D eigenvalue weighted by molar-refractivity contribution is 7.22. The lowest BCUT2D eigenvalue weighted by Crippen LogP contribution is -2.21. The minimum Gasteiger partial charge on any atom is -0.324 e. The molecule has 4 nitrogen and oxygen atoms in total. The second-order valence-electron chi connectivity index (χ2n) is 4.47. The van der Waals surface area contributed by atoms with Gasteiger partial charge < -0.3 is 5.32 Å². The van der Waals surface area contributed by atoms with Gasteiger partial charge in [-0.2, -0.15) is 0 Å². The Morgan fingerprint density at radius 3 is 2.60 bits per heavy atom. The summed E-state index contributed by atoms with van der Waals surface area (Å²) in [5.74, 6) is 1.09. The van der Waals surface area contributed by atoms with Crippen LogP contribution in [0.25, 0.3) is 10.2 Å². The number of thiazole rings is 1. The summed E-state index contributed by atoms with van der Waals surface area (Å²) in [6.45, 7) is 0. The third-order valence-corrected chi connectivity index (χ3v) is 4.12. The molecule has 4 rings (SSSR count). The van der Waals surface area contributed by atoms with Gasteiger partial charge in [-0.05, 0) is 12.1 Å². The molecule has 0 atom stereocenters. The molecule has 0 saturated heterocycles. The molecule has 0 amide bonds. The van der Waals surface area contributed by atoms with Gasteiger partial charge in [-0.1, -0.05) is 47.7 Å². The molecule has 20 heavy (non-hydrogen) atoms. The topological polar surface area (TPSA) is 61.1 Å². The van der Waals surface area contributed by atoms with Crippen LogP contribution in [0.3, 0.4) is 0 Å². The van der Waals surface area contributed by atoms with Crippen LogP contribution in [0, 0.1) is 5.41 Å². The van der Waals surface area contributed by atoms with Crippen molar-refractivity contribution >= 4 is 38.4 Å². The molecular formula is C15H10N4S. The SMILES string of the molecule is N=C1N/C(=N/c2nc3ccccc3s2)c2ccccc21. The van der Waals surface area contributed by atoms with Crippen molar-refractivity contribution in [2.75, 3.05) is 0 Å². The molecule has 1 aromatic heterocycles. The highest BCUT2D eigenvalue weighted by atomic mass is 32.1. The summed E-state index contributed by atoms with van der Waals surface area (Å²) < 4.78 is 1.12. The van der Waals surface area contributed by atoms with Gasteiger partial charge in [-0.3, -0.25) is 5.41 Å². The first-order valence-corrected chi connectivity index (χ1v) is 7.02. The smallest absolute Gasteiger partial charge is 0.212 e. The average Bonchev–Trinajstić information content (AvgIpc) is 3.01. The van der Waals surface area contributed by atoms with E-state index in [0.717, 1.165) is 21.3 Å². The Hall–Kier alpha value is -2.53. The number of aliphatic imine (C=N–C) groups is 1. The third-order valence-electron chi connectivity index (χ3n) is 3.18. The molecular weight excluding hydrogens is 268 g/mol. The molecule has 2 aromatic carbocycles. The summed E-state index contributed by atoms with van der Waals surface area (Å²) in [5, 5.41) is 11.6. The number of amidine groups is 2. The average molecular weight is 278 g/mol. The van der Waals surface area contributed by atoms with E-state index in [1.54, 1.807) is 11.3 Å². The van der Waals surface area contributed by atoms with Crippen molar-refractivity contribution in [1.82, 2.24) is 10.3 Å². The predicted octanol–water partition coefficient (Wildman–Crippen LogP) is 3.30. The molecule has 0 unspecified atom stereocenters.